The van der Waals surface area contributed by atoms with E-state index >= 15 is 0 Å². The van der Waals surface area contributed by atoms with Crippen LogP contribution in [0.3, 0.4) is 0 Å². The summed E-state index contributed by atoms with van der Waals surface area (Å²) in [6.45, 7) is 10.1. The van der Waals surface area contributed by atoms with Crippen LogP contribution in [0.4, 0.5) is 17.8 Å². The van der Waals surface area contributed by atoms with Gasteiger partial charge in [-0.25, -0.2) is 4.72 Å². The molecule has 0 amide bonds. The normalized spacial score (nSPS) is 24.5. The zero-order valence-corrected chi connectivity index (χ0v) is 21.7. The van der Waals surface area contributed by atoms with Crippen molar-refractivity contribution in [2.24, 2.45) is 11.8 Å². The van der Waals surface area contributed by atoms with Gasteiger partial charge in [0.15, 0.2) is 0 Å². The Morgan fingerprint density at radius 1 is 0.857 bits per heavy atom. The summed E-state index contributed by atoms with van der Waals surface area (Å²) in [5.41, 5.74) is 0. The lowest BCUT2D eigenvalue weighted by Crippen LogP contribution is -2.47. The van der Waals surface area contributed by atoms with Gasteiger partial charge in [-0.15, -0.1) is 0 Å². The van der Waals surface area contributed by atoms with E-state index in [4.69, 9.17) is 9.47 Å². The molecule has 0 bridgehead atoms. The van der Waals surface area contributed by atoms with Gasteiger partial charge in [0.05, 0.1) is 26.4 Å². The Kier molecular flexibility index (Phi) is 9.34. The Balaban J connectivity index is 1.25. The van der Waals surface area contributed by atoms with E-state index in [9.17, 15) is 8.42 Å². The van der Waals surface area contributed by atoms with Crippen molar-refractivity contribution in [2.75, 3.05) is 81.2 Å². The van der Waals surface area contributed by atoms with Crippen molar-refractivity contribution < 1.29 is 17.9 Å². The Hall–Kier alpha value is -1.80. The largest absolute Gasteiger partial charge is 0.379 e. The van der Waals surface area contributed by atoms with E-state index < -0.39 is 10.2 Å². The summed E-state index contributed by atoms with van der Waals surface area (Å²) in [6, 6.07) is 0.221. The van der Waals surface area contributed by atoms with Crippen molar-refractivity contribution in [3.05, 3.63) is 0 Å². The molecule has 1 aromatic rings. The highest BCUT2D eigenvalue weighted by atomic mass is 32.2. The molecule has 2 saturated heterocycles. The summed E-state index contributed by atoms with van der Waals surface area (Å²) in [5.74, 6) is 2.71. The zero-order chi connectivity index (χ0) is 24.7. The van der Waals surface area contributed by atoms with Crippen molar-refractivity contribution in [1.82, 2.24) is 24.0 Å². The molecule has 0 atom stereocenters. The van der Waals surface area contributed by atoms with Gasteiger partial charge >= 0.3 is 0 Å². The first-order chi connectivity index (χ1) is 16.9. The lowest BCUT2D eigenvalue weighted by Gasteiger charge is -2.31. The van der Waals surface area contributed by atoms with Crippen LogP contribution in [0.2, 0.25) is 0 Å². The molecule has 3 fully saturated rings. The van der Waals surface area contributed by atoms with Crippen LogP contribution in [0.25, 0.3) is 0 Å². The van der Waals surface area contributed by atoms with Gasteiger partial charge in [0.1, 0.15) is 0 Å². The molecule has 3 aliphatic rings. The lowest BCUT2D eigenvalue weighted by molar-refractivity contribution is 0.0724. The standard InChI is InChI=1S/C22H40N8O4S/c1-17(2)25-21-26-20(27-22(28-21)29-7-11-33-12-8-29)23-15-18-3-5-19(6-4-18)16-24-35(31,32)30-9-13-34-14-10-30/h17-19,24H,3-16H2,1-2H3,(H2,23,25,26,27,28). The molecule has 12 nitrogen and oxygen atoms in total. The van der Waals surface area contributed by atoms with Crippen LogP contribution in [0.15, 0.2) is 0 Å². The second-order valence-corrected chi connectivity index (χ2v) is 11.6. The minimum absolute atomic E-state index is 0.221. The third-order valence-corrected chi connectivity index (χ3v) is 8.29. The molecular formula is C22H40N8O4S. The fourth-order valence-electron chi connectivity index (χ4n) is 4.65. The molecule has 0 aromatic carbocycles. The quantitative estimate of drug-likeness (QED) is 0.415. The molecule has 1 aromatic heterocycles. The number of hydrogen-bond acceptors (Lipinski definition) is 10. The molecule has 2 aliphatic heterocycles. The Labute approximate surface area is 208 Å². The van der Waals surface area contributed by atoms with Crippen LogP contribution in [0.5, 0.6) is 0 Å². The van der Waals surface area contributed by atoms with Crippen LogP contribution in [0.1, 0.15) is 39.5 Å². The summed E-state index contributed by atoms with van der Waals surface area (Å²) >= 11 is 0. The predicted octanol–water partition coefficient (Wildman–Crippen LogP) is 0.913. The van der Waals surface area contributed by atoms with Crippen LogP contribution >= 0.6 is 0 Å². The van der Waals surface area contributed by atoms with Crippen LogP contribution < -0.4 is 20.3 Å². The average Bonchev–Trinajstić information content (AvgIpc) is 2.87. The van der Waals surface area contributed by atoms with Crippen LogP contribution in [-0.2, 0) is 19.7 Å². The topological polar surface area (TPSA) is 134 Å². The maximum absolute atomic E-state index is 12.5. The third-order valence-electron chi connectivity index (χ3n) is 6.71. The highest BCUT2D eigenvalue weighted by Crippen LogP contribution is 2.29. The zero-order valence-electron chi connectivity index (χ0n) is 20.9. The van der Waals surface area contributed by atoms with Crippen molar-refractivity contribution in [3.63, 3.8) is 0 Å². The molecule has 198 valence electrons. The van der Waals surface area contributed by atoms with E-state index in [1.165, 1.54) is 4.31 Å². The number of rotatable bonds is 10. The SMILES string of the molecule is CC(C)Nc1nc(NCC2CCC(CNS(=O)(=O)N3CCOCC3)CC2)nc(N2CCOCC2)n1. The van der Waals surface area contributed by atoms with Gasteiger partial charge in [-0.05, 0) is 51.4 Å². The molecule has 1 saturated carbocycles. The minimum atomic E-state index is -3.42. The highest BCUT2D eigenvalue weighted by Gasteiger charge is 2.27. The first kappa shape index (κ1) is 26.3. The summed E-state index contributed by atoms with van der Waals surface area (Å²) in [6.07, 6.45) is 4.12. The van der Waals surface area contributed by atoms with E-state index in [1.54, 1.807) is 0 Å². The number of morpholine rings is 2. The van der Waals surface area contributed by atoms with E-state index in [-0.39, 0.29) is 6.04 Å². The molecule has 3 N–H and O–H groups in total. The van der Waals surface area contributed by atoms with Gasteiger partial charge < -0.3 is 25.0 Å². The van der Waals surface area contributed by atoms with Crippen molar-refractivity contribution in [1.29, 1.82) is 0 Å². The second-order valence-electron chi connectivity index (χ2n) is 9.81. The number of nitrogens with one attached hydrogen (secondary N) is 3. The molecule has 4 rings (SSSR count). The fourth-order valence-corrected chi connectivity index (χ4v) is 5.91. The molecule has 35 heavy (non-hydrogen) atoms. The maximum Gasteiger partial charge on any atom is 0.279 e. The molecule has 0 unspecified atom stereocenters. The summed E-state index contributed by atoms with van der Waals surface area (Å²) < 4.78 is 40.0. The first-order valence-corrected chi connectivity index (χ1v) is 14.2. The maximum atomic E-state index is 12.5. The van der Waals surface area contributed by atoms with E-state index in [1.807, 2.05) is 0 Å². The number of anilines is 3. The van der Waals surface area contributed by atoms with Crippen LogP contribution in [0, 0.1) is 11.8 Å². The van der Waals surface area contributed by atoms with Gasteiger partial charge in [-0.1, -0.05) is 0 Å². The molecule has 13 heteroatoms. The van der Waals surface area contributed by atoms with Crippen LogP contribution in [-0.4, -0.2) is 99.4 Å². The number of aromatic nitrogens is 3. The number of nitrogens with zero attached hydrogens (tertiary/aromatic N) is 5. The van der Waals surface area contributed by atoms with Crippen molar-refractivity contribution >= 4 is 28.1 Å². The van der Waals surface area contributed by atoms with Gasteiger partial charge in [0, 0.05) is 45.3 Å². The average molecular weight is 513 g/mol. The Morgan fingerprint density at radius 2 is 1.43 bits per heavy atom. The molecule has 1 aliphatic carbocycles. The molecular weight excluding hydrogens is 472 g/mol. The molecule has 3 heterocycles. The van der Waals surface area contributed by atoms with E-state index in [2.05, 4.69) is 49.1 Å². The summed E-state index contributed by atoms with van der Waals surface area (Å²) in [4.78, 5) is 16.0. The smallest absolute Gasteiger partial charge is 0.279 e. The van der Waals surface area contributed by atoms with Crippen molar-refractivity contribution in [2.45, 2.75) is 45.6 Å². The molecule has 0 radical (unpaired) electrons. The fraction of sp³-hybridized carbons (Fsp3) is 0.864. The highest BCUT2D eigenvalue weighted by molar-refractivity contribution is 7.87. The minimum Gasteiger partial charge on any atom is -0.379 e. The van der Waals surface area contributed by atoms with Gasteiger partial charge in [-0.3, -0.25) is 0 Å². The number of hydrogen-bond donors (Lipinski definition) is 3. The summed E-state index contributed by atoms with van der Waals surface area (Å²) in [5, 5.41) is 6.72. The van der Waals surface area contributed by atoms with Gasteiger partial charge in [0.2, 0.25) is 17.8 Å². The van der Waals surface area contributed by atoms with E-state index in [0.717, 1.165) is 45.3 Å². The van der Waals surface area contributed by atoms with Gasteiger partial charge in [0.25, 0.3) is 10.2 Å². The predicted molar refractivity (Wildman–Crippen MR) is 135 cm³/mol. The third kappa shape index (κ3) is 7.84. The first-order valence-electron chi connectivity index (χ1n) is 12.8. The van der Waals surface area contributed by atoms with E-state index in [0.29, 0.717) is 75.7 Å². The van der Waals surface area contributed by atoms with Crippen molar-refractivity contribution in [3.8, 4) is 0 Å². The lowest BCUT2D eigenvalue weighted by atomic mass is 9.82. The Morgan fingerprint density at radius 3 is 2.06 bits per heavy atom. The molecule has 0 spiro atoms. The number of ether oxygens (including phenoxy) is 2. The van der Waals surface area contributed by atoms with Gasteiger partial charge in [-0.2, -0.15) is 27.7 Å². The Bertz CT molecular complexity index is 899. The summed E-state index contributed by atoms with van der Waals surface area (Å²) in [7, 11) is -3.42. The second kappa shape index (κ2) is 12.4. The monoisotopic (exact) mass is 512 g/mol.